The van der Waals surface area contributed by atoms with Gasteiger partial charge in [-0.2, -0.15) is 0 Å². The molecule has 4 aromatic rings. The Bertz CT molecular complexity index is 1260. The predicted molar refractivity (Wildman–Crippen MR) is 130 cm³/mol. The maximum Gasteiger partial charge on any atom is 0.184 e. The summed E-state index contributed by atoms with van der Waals surface area (Å²) in [5.41, 5.74) is 4.13. The summed E-state index contributed by atoms with van der Waals surface area (Å²) in [4.78, 5) is 17.4. The largest absolute Gasteiger partial charge is 0.457 e. The van der Waals surface area contributed by atoms with Crippen LogP contribution in [-0.2, 0) is 12.8 Å². The highest BCUT2D eigenvalue weighted by Gasteiger charge is 2.23. The molecule has 1 fully saturated rings. The summed E-state index contributed by atoms with van der Waals surface area (Å²) in [5, 5.41) is 14.5. The van der Waals surface area contributed by atoms with Crippen molar-refractivity contribution in [3.63, 3.8) is 0 Å². The third-order valence-electron chi connectivity index (χ3n) is 6.56. The Morgan fingerprint density at radius 2 is 1.88 bits per heavy atom. The zero-order valence-corrected chi connectivity index (χ0v) is 19.2. The number of aryl methyl sites for hydroxylation is 2. The van der Waals surface area contributed by atoms with Crippen molar-refractivity contribution in [3.05, 3.63) is 47.9 Å². The fourth-order valence-corrected chi connectivity index (χ4v) is 5.74. The van der Waals surface area contributed by atoms with E-state index in [-0.39, 0.29) is 12.1 Å². The highest BCUT2D eigenvalue weighted by molar-refractivity contribution is 7.22. The molecule has 2 aliphatic rings. The number of aromatic nitrogens is 4. The lowest BCUT2D eigenvalue weighted by molar-refractivity contribution is 0.116. The lowest BCUT2D eigenvalue weighted by Gasteiger charge is -2.27. The maximum atomic E-state index is 10.2. The average Bonchev–Trinajstić information content (AvgIpc) is 3.44. The van der Waals surface area contributed by atoms with Crippen LogP contribution in [0.3, 0.4) is 0 Å². The number of anilines is 1. The van der Waals surface area contributed by atoms with Gasteiger partial charge < -0.3 is 20.1 Å². The van der Waals surface area contributed by atoms with Crippen molar-refractivity contribution in [1.82, 2.24) is 19.9 Å². The topological polar surface area (TPSA) is 95.9 Å². The van der Waals surface area contributed by atoms with Gasteiger partial charge in [-0.1, -0.05) is 24.2 Å². The van der Waals surface area contributed by atoms with E-state index in [1.54, 1.807) is 17.5 Å². The summed E-state index contributed by atoms with van der Waals surface area (Å²) >= 11 is 1.59. The number of hydrogen-bond acceptors (Lipinski definition) is 7. The van der Waals surface area contributed by atoms with Crippen molar-refractivity contribution in [2.75, 3.05) is 5.32 Å². The van der Waals surface area contributed by atoms with Gasteiger partial charge in [0.05, 0.1) is 28.1 Å². The Kier molecular flexibility index (Phi) is 5.47. The molecule has 0 spiro atoms. The number of aliphatic hydroxyl groups is 1. The first-order valence-corrected chi connectivity index (χ1v) is 12.6. The summed E-state index contributed by atoms with van der Waals surface area (Å²) in [6.45, 7) is 0. The summed E-state index contributed by atoms with van der Waals surface area (Å²) in [6, 6.07) is 9.80. The molecular formula is C25H27N5O2S. The molecule has 0 amide bonds. The number of benzene rings is 1. The molecule has 0 aliphatic heterocycles. The number of aromatic amines is 1. The van der Waals surface area contributed by atoms with E-state index in [9.17, 15) is 5.11 Å². The molecule has 0 unspecified atom stereocenters. The van der Waals surface area contributed by atoms with Gasteiger partial charge in [0, 0.05) is 24.0 Å². The molecule has 1 saturated carbocycles. The van der Waals surface area contributed by atoms with Gasteiger partial charge in [-0.25, -0.2) is 9.97 Å². The minimum atomic E-state index is -0.301. The molecule has 2 aliphatic carbocycles. The lowest BCUT2D eigenvalue weighted by Crippen LogP contribution is -2.36. The Balaban J connectivity index is 1.20. The Morgan fingerprint density at radius 3 is 2.79 bits per heavy atom. The van der Waals surface area contributed by atoms with Crippen LogP contribution in [0.1, 0.15) is 49.9 Å². The van der Waals surface area contributed by atoms with Crippen molar-refractivity contribution >= 4 is 26.7 Å². The smallest absolute Gasteiger partial charge is 0.184 e. The lowest BCUT2D eigenvalue weighted by atomic mass is 9.93. The number of fused-ring (bicyclic) bond motifs is 2. The van der Waals surface area contributed by atoms with Gasteiger partial charge in [0.25, 0.3) is 0 Å². The van der Waals surface area contributed by atoms with Crippen molar-refractivity contribution in [2.45, 2.75) is 63.5 Å². The highest BCUT2D eigenvalue weighted by atomic mass is 32.1. The van der Waals surface area contributed by atoms with E-state index in [2.05, 4.69) is 15.3 Å². The van der Waals surface area contributed by atoms with E-state index in [0.29, 0.717) is 0 Å². The third kappa shape index (κ3) is 4.32. The second-order valence-corrected chi connectivity index (χ2v) is 9.98. The molecule has 3 aromatic heterocycles. The molecule has 0 saturated heterocycles. The first-order valence-electron chi connectivity index (χ1n) is 11.8. The molecule has 3 N–H and O–H groups in total. The minimum Gasteiger partial charge on any atom is -0.457 e. The van der Waals surface area contributed by atoms with Crippen LogP contribution in [0.5, 0.6) is 11.5 Å². The molecule has 1 aromatic carbocycles. The molecule has 0 radical (unpaired) electrons. The van der Waals surface area contributed by atoms with Crippen molar-refractivity contribution in [3.8, 4) is 23.0 Å². The third-order valence-corrected chi connectivity index (χ3v) is 7.51. The highest BCUT2D eigenvalue weighted by Crippen LogP contribution is 2.33. The molecular weight excluding hydrogens is 434 g/mol. The number of thiazole rings is 1. The summed E-state index contributed by atoms with van der Waals surface area (Å²) in [7, 11) is 0. The van der Waals surface area contributed by atoms with Crippen molar-refractivity contribution in [1.29, 1.82) is 0 Å². The number of imidazole rings is 1. The van der Waals surface area contributed by atoms with Gasteiger partial charge in [-0.15, -0.1) is 0 Å². The zero-order valence-electron chi connectivity index (χ0n) is 18.4. The number of ether oxygens (including phenoxy) is 1. The van der Waals surface area contributed by atoms with Crippen LogP contribution in [0.25, 0.3) is 21.7 Å². The molecule has 170 valence electrons. The summed E-state index contributed by atoms with van der Waals surface area (Å²) in [5.74, 6) is 2.29. The molecule has 3 heterocycles. The zero-order chi connectivity index (χ0) is 22.2. The molecule has 7 nitrogen and oxygen atoms in total. The number of rotatable bonds is 5. The summed E-state index contributed by atoms with van der Waals surface area (Å²) < 4.78 is 7.21. The van der Waals surface area contributed by atoms with Crippen molar-refractivity contribution in [2.24, 2.45) is 0 Å². The van der Waals surface area contributed by atoms with Crippen LogP contribution in [0.2, 0.25) is 0 Å². The van der Waals surface area contributed by atoms with E-state index in [0.717, 1.165) is 76.9 Å². The van der Waals surface area contributed by atoms with Gasteiger partial charge in [0.15, 0.2) is 11.0 Å². The van der Waals surface area contributed by atoms with Crippen LogP contribution in [-0.4, -0.2) is 37.2 Å². The fourth-order valence-electron chi connectivity index (χ4n) is 4.78. The Hall–Kier alpha value is -2.97. The van der Waals surface area contributed by atoms with Gasteiger partial charge in [-0.3, -0.25) is 4.98 Å². The number of pyridine rings is 1. The van der Waals surface area contributed by atoms with Gasteiger partial charge in [0.2, 0.25) is 0 Å². The van der Waals surface area contributed by atoms with E-state index in [1.807, 2.05) is 30.3 Å². The Labute approximate surface area is 196 Å². The van der Waals surface area contributed by atoms with Gasteiger partial charge in [-0.05, 0) is 56.7 Å². The van der Waals surface area contributed by atoms with Crippen LogP contribution in [0, 0.1) is 0 Å². The van der Waals surface area contributed by atoms with Crippen molar-refractivity contribution < 1.29 is 9.84 Å². The molecule has 2 atom stereocenters. The number of nitrogens with one attached hydrogen (secondary N) is 2. The summed E-state index contributed by atoms with van der Waals surface area (Å²) in [6.07, 6.45) is 10.0. The molecule has 33 heavy (non-hydrogen) atoms. The first-order chi connectivity index (χ1) is 16.2. The fraction of sp³-hybridized carbons (Fsp3) is 0.400. The van der Waals surface area contributed by atoms with Gasteiger partial charge in [0.1, 0.15) is 17.2 Å². The average molecular weight is 462 g/mol. The standard InChI is InChI=1S/C25H27N5O2S/c31-22-8-4-3-7-19(22)29-25-30-20-10-9-15(14-23(20)33-25)32-16-11-12-26-21(13-16)24-27-17-5-1-2-6-18(17)28-24/h9-14,19,22,31H,1-8H2,(H,27,28)(H,29,30)/t19-,22-/m1/s1. The number of hydrogen-bond donors (Lipinski definition) is 3. The quantitative estimate of drug-likeness (QED) is 0.365. The number of H-pyrrole nitrogens is 1. The van der Waals surface area contributed by atoms with Crippen LogP contribution in [0.15, 0.2) is 36.5 Å². The monoisotopic (exact) mass is 461 g/mol. The van der Waals surface area contributed by atoms with Crippen LogP contribution in [0.4, 0.5) is 5.13 Å². The second-order valence-electron chi connectivity index (χ2n) is 8.95. The first kappa shape index (κ1) is 20.6. The van der Waals surface area contributed by atoms with Crippen LogP contribution < -0.4 is 10.1 Å². The molecule has 0 bridgehead atoms. The maximum absolute atomic E-state index is 10.2. The predicted octanol–water partition coefficient (Wildman–Crippen LogP) is 5.47. The van der Waals surface area contributed by atoms with E-state index in [1.165, 1.54) is 24.2 Å². The SMILES string of the molecule is O[C@@H]1CCCC[C@H]1Nc1nc2ccc(Oc3ccnc(-c4nc5c([nH]4)CCCC5)c3)cc2s1. The van der Waals surface area contributed by atoms with E-state index < -0.39 is 0 Å². The normalized spacial score (nSPS) is 20.5. The second kappa shape index (κ2) is 8.76. The Morgan fingerprint density at radius 1 is 1.00 bits per heavy atom. The van der Waals surface area contributed by atoms with E-state index >= 15 is 0 Å². The molecule has 6 rings (SSSR count). The minimum absolute atomic E-state index is 0.0811. The van der Waals surface area contributed by atoms with E-state index in [4.69, 9.17) is 14.7 Å². The number of aliphatic hydroxyl groups excluding tert-OH is 1. The van der Waals surface area contributed by atoms with Gasteiger partial charge >= 0.3 is 0 Å². The number of nitrogens with zero attached hydrogens (tertiary/aromatic N) is 3. The van der Waals surface area contributed by atoms with Crippen LogP contribution >= 0.6 is 11.3 Å². The molecule has 8 heteroatoms.